The molecule has 1 heterocycles. The molecule has 1 rings (SSSR count). The van der Waals surface area contributed by atoms with Gasteiger partial charge in [-0.2, -0.15) is 12.6 Å². The van der Waals surface area contributed by atoms with Gasteiger partial charge in [-0.25, -0.2) is 14.8 Å². The van der Waals surface area contributed by atoms with E-state index in [0.717, 1.165) is 5.69 Å². The van der Waals surface area contributed by atoms with E-state index in [0.29, 0.717) is 5.82 Å². The molecule has 76 valence electrons. The Morgan fingerprint density at radius 1 is 1.57 bits per heavy atom. The fourth-order valence-electron chi connectivity index (χ4n) is 0.987. The average Bonchev–Trinajstić information content (AvgIpc) is 2.15. The van der Waals surface area contributed by atoms with Crippen molar-refractivity contribution in [2.45, 2.75) is 19.1 Å². The summed E-state index contributed by atoms with van der Waals surface area (Å²) in [7, 11) is 1.32. The van der Waals surface area contributed by atoms with Gasteiger partial charge in [0.15, 0.2) is 5.69 Å². The topological polar surface area (TPSA) is 52.1 Å². The van der Waals surface area contributed by atoms with Crippen LogP contribution in [0.2, 0.25) is 0 Å². The van der Waals surface area contributed by atoms with Crippen LogP contribution in [0.1, 0.15) is 34.2 Å². The van der Waals surface area contributed by atoms with Crippen LogP contribution in [-0.2, 0) is 4.74 Å². The number of carbonyl (C=O) groups is 1. The number of carbonyl (C=O) groups excluding carboxylic acids is 1. The van der Waals surface area contributed by atoms with Crippen molar-refractivity contribution < 1.29 is 9.53 Å². The first-order valence-electron chi connectivity index (χ1n) is 4.16. The fourth-order valence-corrected chi connectivity index (χ4v) is 1.10. The van der Waals surface area contributed by atoms with Crippen LogP contribution in [-0.4, -0.2) is 23.0 Å². The maximum Gasteiger partial charge on any atom is 0.356 e. The molecule has 0 saturated carbocycles. The zero-order chi connectivity index (χ0) is 10.7. The molecule has 0 aliphatic carbocycles. The molecule has 1 aromatic heterocycles. The molecule has 1 aromatic rings. The molecule has 0 aliphatic rings. The van der Waals surface area contributed by atoms with Crippen LogP contribution in [0.5, 0.6) is 0 Å². The van der Waals surface area contributed by atoms with Gasteiger partial charge in [0.1, 0.15) is 5.82 Å². The van der Waals surface area contributed by atoms with Crippen molar-refractivity contribution in [1.82, 2.24) is 9.97 Å². The summed E-state index contributed by atoms with van der Waals surface area (Å²) >= 11 is 4.20. The van der Waals surface area contributed by atoms with E-state index in [1.165, 1.54) is 7.11 Å². The normalized spacial score (nSPS) is 12.3. The molecule has 0 spiro atoms. The van der Waals surface area contributed by atoms with Gasteiger partial charge in [-0.3, -0.25) is 0 Å². The summed E-state index contributed by atoms with van der Waals surface area (Å²) in [5.41, 5.74) is 1.01. The van der Waals surface area contributed by atoms with Crippen LogP contribution in [0.3, 0.4) is 0 Å². The molecule has 1 atom stereocenters. The third-order valence-corrected chi connectivity index (χ3v) is 1.87. The first kappa shape index (κ1) is 11.0. The van der Waals surface area contributed by atoms with Crippen LogP contribution in [0, 0.1) is 6.92 Å². The number of methoxy groups -OCH3 is 1. The van der Waals surface area contributed by atoms with Gasteiger partial charge in [0.25, 0.3) is 0 Å². The highest BCUT2D eigenvalue weighted by molar-refractivity contribution is 7.80. The lowest BCUT2D eigenvalue weighted by Crippen LogP contribution is -2.09. The second-order valence-corrected chi connectivity index (χ2v) is 3.69. The highest BCUT2D eigenvalue weighted by atomic mass is 32.1. The van der Waals surface area contributed by atoms with E-state index in [1.807, 2.05) is 6.92 Å². The Kier molecular flexibility index (Phi) is 3.46. The van der Waals surface area contributed by atoms with Gasteiger partial charge >= 0.3 is 5.97 Å². The molecule has 1 unspecified atom stereocenters. The monoisotopic (exact) mass is 212 g/mol. The summed E-state index contributed by atoms with van der Waals surface area (Å²) in [6, 6.07) is 1.59. The summed E-state index contributed by atoms with van der Waals surface area (Å²) in [6.07, 6.45) is 0. The van der Waals surface area contributed by atoms with Gasteiger partial charge in [-0.1, -0.05) is 0 Å². The van der Waals surface area contributed by atoms with Crippen LogP contribution in [0.25, 0.3) is 0 Å². The van der Waals surface area contributed by atoms with Gasteiger partial charge in [0.05, 0.1) is 12.4 Å². The Bertz CT molecular complexity index is 353. The molecule has 0 fully saturated rings. The number of hydrogen-bond donors (Lipinski definition) is 1. The maximum atomic E-state index is 11.2. The largest absolute Gasteiger partial charge is 0.464 e. The number of thiol groups is 1. The van der Waals surface area contributed by atoms with E-state index < -0.39 is 5.97 Å². The van der Waals surface area contributed by atoms with Crippen molar-refractivity contribution >= 4 is 18.6 Å². The molecule has 0 N–H and O–H groups in total. The molecular formula is C9H12N2O2S. The van der Waals surface area contributed by atoms with Crippen molar-refractivity contribution in [3.05, 3.63) is 23.3 Å². The van der Waals surface area contributed by atoms with Gasteiger partial charge in [-0.15, -0.1) is 0 Å². The predicted octanol–water partition coefficient (Wildman–Crippen LogP) is 1.56. The molecule has 5 heteroatoms. The van der Waals surface area contributed by atoms with E-state index in [-0.39, 0.29) is 10.9 Å². The van der Waals surface area contributed by atoms with Gasteiger partial charge < -0.3 is 4.74 Å². The Morgan fingerprint density at radius 2 is 2.21 bits per heavy atom. The molecule has 0 aliphatic heterocycles. The third-order valence-electron chi connectivity index (χ3n) is 1.64. The summed E-state index contributed by atoms with van der Waals surface area (Å²) in [5, 5.41) is -0.0988. The smallest absolute Gasteiger partial charge is 0.356 e. The minimum Gasteiger partial charge on any atom is -0.464 e. The van der Waals surface area contributed by atoms with E-state index in [4.69, 9.17) is 0 Å². The van der Waals surface area contributed by atoms with Crippen molar-refractivity contribution in [2.75, 3.05) is 7.11 Å². The van der Waals surface area contributed by atoms with Crippen LogP contribution < -0.4 is 0 Å². The zero-order valence-corrected chi connectivity index (χ0v) is 9.21. The SMILES string of the molecule is COC(=O)c1cc(C)nc(C(C)S)n1. The van der Waals surface area contributed by atoms with Crippen molar-refractivity contribution in [3.8, 4) is 0 Å². The maximum absolute atomic E-state index is 11.2. The molecular weight excluding hydrogens is 200 g/mol. The quantitative estimate of drug-likeness (QED) is 0.597. The number of nitrogens with zero attached hydrogens (tertiary/aromatic N) is 2. The summed E-state index contributed by atoms with van der Waals surface area (Å²) in [5.74, 6) is 0.0828. The van der Waals surface area contributed by atoms with Crippen LogP contribution in [0.4, 0.5) is 0 Å². The number of aromatic nitrogens is 2. The van der Waals surface area contributed by atoms with E-state index >= 15 is 0 Å². The second kappa shape index (κ2) is 4.41. The Morgan fingerprint density at radius 3 is 2.71 bits per heavy atom. The van der Waals surface area contributed by atoms with E-state index in [2.05, 4.69) is 27.3 Å². The van der Waals surface area contributed by atoms with E-state index in [9.17, 15) is 4.79 Å². The lowest BCUT2D eigenvalue weighted by molar-refractivity contribution is 0.0593. The Hall–Kier alpha value is -1.10. The number of esters is 1. The second-order valence-electron chi connectivity index (χ2n) is 2.92. The summed E-state index contributed by atoms with van der Waals surface area (Å²) < 4.78 is 4.57. The van der Waals surface area contributed by atoms with Crippen molar-refractivity contribution in [3.63, 3.8) is 0 Å². The molecule has 0 bridgehead atoms. The van der Waals surface area contributed by atoms with Gasteiger partial charge in [0, 0.05) is 5.69 Å². The minimum absolute atomic E-state index is 0.0988. The molecule has 14 heavy (non-hydrogen) atoms. The first-order valence-corrected chi connectivity index (χ1v) is 4.68. The van der Waals surface area contributed by atoms with Crippen molar-refractivity contribution in [1.29, 1.82) is 0 Å². The lowest BCUT2D eigenvalue weighted by atomic mass is 10.3. The zero-order valence-electron chi connectivity index (χ0n) is 8.31. The number of hydrogen-bond acceptors (Lipinski definition) is 5. The molecule has 0 saturated heterocycles. The third kappa shape index (κ3) is 2.45. The Balaban J connectivity index is 3.13. The number of ether oxygens (including phenoxy) is 1. The Labute approximate surface area is 88.1 Å². The molecule has 0 aromatic carbocycles. The lowest BCUT2D eigenvalue weighted by Gasteiger charge is -2.06. The minimum atomic E-state index is -0.453. The highest BCUT2D eigenvalue weighted by Crippen LogP contribution is 2.15. The van der Waals surface area contributed by atoms with Crippen molar-refractivity contribution in [2.24, 2.45) is 0 Å². The molecule has 4 nitrogen and oxygen atoms in total. The van der Waals surface area contributed by atoms with Crippen LogP contribution >= 0.6 is 12.6 Å². The standard InChI is InChI=1S/C9H12N2O2S/c1-5-4-7(9(12)13-3)11-8(10-5)6(2)14/h4,6,14H,1-3H3. The van der Waals surface area contributed by atoms with Gasteiger partial charge in [-0.05, 0) is 19.9 Å². The fraction of sp³-hybridized carbons (Fsp3) is 0.444. The molecule has 0 amide bonds. The highest BCUT2D eigenvalue weighted by Gasteiger charge is 2.12. The number of aryl methyl sites for hydroxylation is 1. The van der Waals surface area contributed by atoms with Gasteiger partial charge in [0.2, 0.25) is 0 Å². The summed E-state index contributed by atoms with van der Waals surface area (Å²) in [6.45, 7) is 3.65. The first-order chi connectivity index (χ1) is 6.54. The molecule has 0 radical (unpaired) electrons. The van der Waals surface area contributed by atoms with E-state index in [1.54, 1.807) is 13.0 Å². The van der Waals surface area contributed by atoms with Crippen LogP contribution in [0.15, 0.2) is 6.07 Å². The number of rotatable bonds is 2. The summed E-state index contributed by atoms with van der Waals surface area (Å²) in [4.78, 5) is 19.4. The average molecular weight is 212 g/mol. The predicted molar refractivity (Wildman–Crippen MR) is 55.5 cm³/mol.